The number of nitrogens with two attached hydrogens (primary N) is 1. The average Bonchev–Trinajstić information content (AvgIpc) is 2.18. The van der Waals surface area contributed by atoms with E-state index in [0.29, 0.717) is 25.9 Å². The number of nitrogens with one attached hydrogen (secondary N) is 1. The highest BCUT2D eigenvalue weighted by Crippen LogP contribution is 2.31. The maximum absolute atomic E-state index is 11.6. The van der Waals surface area contributed by atoms with Gasteiger partial charge in [0.05, 0.1) is 11.6 Å². The summed E-state index contributed by atoms with van der Waals surface area (Å²) in [6, 6.07) is 0. The highest BCUT2D eigenvalue weighted by molar-refractivity contribution is 7.89. The van der Waals surface area contributed by atoms with Gasteiger partial charge < -0.3 is 5.73 Å². The molecule has 1 aliphatic rings. The molecule has 1 rings (SSSR count). The Labute approximate surface area is 91.2 Å². The Morgan fingerprint density at radius 1 is 1.47 bits per heavy atom. The number of nitrogens with zero attached hydrogens (tertiary/aromatic N) is 1. The maximum Gasteiger partial charge on any atom is 0.213 e. The number of amidine groups is 1. The van der Waals surface area contributed by atoms with Crippen LogP contribution in [0, 0.1) is 10.8 Å². The van der Waals surface area contributed by atoms with Crippen molar-refractivity contribution in [3.05, 3.63) is 0 Å². The highest BCUT2D eigenvalue weighted by atomic mass is 32.2. The molecule has 0 amide bonds. The lowest BCUT2D eigenvalue weighted by atomic mass is 9.80. The molecule has 0 aromatic rings. The largest absolute Gasteiger partial charge is 0.387 e. The number of hydrogen-bond acceptors (Lipinski definition) is 3. The first-order chi connectivity index (χ1) is 6.82. The first-order valence-electron chi connectivity index (χ1n) is 5.14. The molecule has 0 atom stereocenters. The molecule has 1 fully saturated rings. The molecule has 1 heterocycles. The zero-order chi connectivity index (χ0) is 11.7. The van der Waals surface area contributed by atoms with Crippen molar-refractivity contribution in [1.29, 1.82) is 5.41 Å². The zero-order valence-electron chi connectivity index (χ0n) is 9.28. The minimum absolute atomic E-state index is 0.143. The van der Waals surface area contributed by atoms with E-state index < -0.39 is 10.0 Å². The van der Waals surface area contributed by atoms with E-state index in [1.807, 2.05) is 6.92 Å². The van der Waals surface area contributed by atoms with E-state index in [1.165, 1.54) is 4.31 Å². The van der Waals surface area contributed by atoms with Crippen molar-refractivity contribution in [3.63, 3.8) is 0 Å². The molecule has 15 heavy (non-hydrogen) atoms. The van der Waals surface area contributed by atoms with Crippen LogP contribution in [0.25, 0.3) is 0 Å². The Balaban J connectivity index is 2.68. The Hall–Kier alpha value is -0.620. The molecule has 0 aliphatic carbocycles. The smallest absolute Gasteiger partial charge is 0.213 e. The highest BCUT2D eigenvalue weighted by Gasteiger charge is 2.36. The Kier molecular flexibility index (Phi) is 3.40. The number of hydrogen-bond donors (Lipinski definition) is 2. The lowest BCUT2D eigenvalue weighted by Gasteiger charge is -2.37. The summed E-state index contributed by atoms with van der Waals surface area (Å²) in [6.45, 7) is 4.53. The molecule has 6 heteroatoms. The summed E-state index contributed by atoms with van der Waals surface area (Å²) in [7, 11) is -3.08. The van der Waals surface area contributed by atoms with Crippen LogP contribution in [0.15, 0.2) is 0 Å². The number of sulfonamides is 1. The first-order valence-corrected chi connectivity index (χ1v) is 6.75. The van der Waals surface area contributed by atoms with Crippen LogP contribution in [0.3, 0.4) is 0 Å². The van der Waals surface area contributed by atoms with Gasteiger partial charge in [0.2, 0.25) is 10.0 Å². The van der Waals surface area contributed by atoms with E-state index in [2.05, 4.69) is 0 Å². The van der Waals surface area contributed by atoms with E-state index in [1.54, 1.807) is 6.92 Å². The van der Waals surface area contributed by atoms with Crippen molar-refractivity contribution in [1.82, 2.24) is 4.31 Å². The molecule has 1 aliphatic heterocycles. The van der Waals surface area contributed by atoms with Gasteiger partial charge in [-0.3, -0.25) is 5.41 Å². The second-order valence-corrected chi connectivity index (χ2v) is 6.53. The topological polar surface area (TPSA) is 87.2 Å². The van der Waals surface area contributed by atoms with E-state index in [-0.39, 0.29) is 17.0 Å². The van der Waals surface area contributed by atoms with E-state index in [9.17, 15) is 8.42 Å². The van der Waals surface area contributed by atoms with Gasteiger partial charge in [-0.05, 0) is 19.8 Å². The number of piperidine rings is 1. The molecular formula is C9H19N3O2S. The van der Waals surface area contributed by atoms with Crippen molar-refractivity contribution in [2.24, 2.45) is 11.1 Å². The van der Waals surface area contributed by atoms with Crippen LogP contribution in [0.5, 0.6) is 0 Å². The van der Waals surface area contributed by atoms with Crippen LogP contribution < -0.4 is 5.73 Å². The Morgan fingerprint density at radius 2 is 1.93 bits per heavy atom. The summed E-state index contributed by atoms with van der Waals surface area (Å²) in [5.74, 6) is 0.306. The summed E-state index contributed by atoms with van der Waals surface area (Å²) in [4.78, 5) is 0. The van der Waals surface area contributed by atoms with Gasteiger partial charge in [-0.2, -0.15) is 0 Å². The summed E-state index contributed by atoms with van der Waals surface area (Å²) in [6.07, 6.45) is 1.28. The van der Waals surface area contributed by atoms with Gasteiger partial charge in [0.25, 0.3) is 0 Å². The lowest BCUT2D eigenvalue weighted by molar-refractivity contribution is 0.240. The molecule has 0 aromatic heterocycles. The van der Waals surface area contributed by atoms with E-state index >= 15 is 0 Å². The quantitative estimate of drug-likeness (QED) is 0.545. The minimum atomic E-state index is -3.08. The third kappa shape index (κ3) is 2.49. The number of rotatable bonds is 3. The second-order valence-electron chi connectivity index (χ2n) is 4.27. The van der Waals surface area contributed by atoms with Gasteiger partial charge in [0.15, 0.2) is 0 Å². The summed E-state index contributed by atoms with van der Waals surface area (Å²) in [5.41, 5.74) is 5.18. The first kappa shape index (κ1) is 12.4. The normalized spacial score (nSPS) is 22.5. The molecule has 0 bridgehead atoms. The molecule has 0 unspecified atom stereocenters. The molecular weight excluding hydrogens is 214 g/mol. The van der Waals surface area contributed by atoms with Crippen LogP contribution in [-0.4, -0.2) is 37.4 Å². The summed E-state index contributed by atoms with van der Waals surface area (Å²) in [5, 5.41) is 7.46. The van der Waals surface area contributed by atoms with Crippen molar-refractivity contribution in [3.8, 4) is 0 Å². The fourth-order valence-corrected chi connectivity index (χ4v) is 2.81. The fraction of sp³-hybridized carbons (Fsp3) is 0.889. The van der Waals surface area contributed by atoms with Crippen LogP contribution >= 0.6 is 0 Å². The van der Waals surface area contributed by atoms with E-state index in [0.717, 1.165) is 0 Å². The zero-order valence-corrected chi connectivity index (χ0v) is 10.1. The Bertz CT molecular complexity index is 342. The molecule has 3 N–H and O–H groups in total. The van der Waals surface area contributed by atoms with Crippen molar-refractivity contribution in [2.45, 2.75) is 26.7 Å². The van der Waals surface area contributed by atoms with Gasteiger partial charge in [0, 0.05) is 18.5 Å². The van der Waals surface area contributed by atoms with Gasteiger partial charge in [-0.1, -0.05) is 6.92 Å². The van der Waals surface area contributed by atoms with Crippen LogP contribution in [0.1, 0.15) is 26.7 Å². The van der Waals surface area contributed by atoms with Crippen LogP contribution in [0.2, 0.25) is 0 Å². The van der Waals surface area contributed by atoms with Gasteiger partial charge in [-0.15, -0.1) is 0 Å². The summed E-state index contributed by atoms with van der Waals surface area (Å²) >= 11 is 0. The third-order valence-electron chi connectivity index (χ3n) is 3.23. The predicted octanol–water partition coefficient (Wildman–Crippen LogP) is 0.374. The van der Waals surface area contributed by atoms with Crippen LogP contribution in [-0.2, 0) is 10.0 Å². The summed E-state index contributed by atoms with van der Waals surface area (Å²) < 4.78 is 24.7. The van der Waals surface area contributed by atoms with Crippen molar-refractivity contribution < 1.29 is 8.42 Å². The standard InChI is InChI=1S/C9H19N3O2S/c1-3-15(13,14)12-6-4-9(2,5-7-12)8(10)11/h3-7H2,1-2H3,(H3,10,11). The third-order valence-corrected chi connectivity index (χ3v) is 5.12. The molecule has 0 saturated carbocycles. The molecule has 0 spiro atoms. The van der Waals surface area contributed by atoms with Crippen LogP contribution in [0.4, 0.5) is 0 Å². The Morgan fingerprint density at radius 3 is 2.27 bits per heavy atom. The monoisotopic (exact) mass is 233 g/mol. The van der Waals surface area contributed by atoms with Crippen molar-refractivity contribution in [2.75, 3.05) is 18.8 Å². The predicted molar refractivity (Wildman–Crippen MR) is 60.3 cm³/mol. The van der Waals surface area contributed by atoms with Crippen molar-refractivity contribution >= 4 is 15.9 Å². The molecule has 5 nitrogen and oxygen atoms in total. The molecule has 0 radical (unpaired) electrons. The fourth-order valence-electron chi connectivity index (χ4n) is 1.71. The van der Waals surface area contributed by atoms with Gasteiger partial charge in [-0.25, -0.2) is 12.7 Å². The molecule has 88 valence electrons. The molecule has 0 aromatic carbocycles. The maximum atomic E-state index is 11.6. The van der Waals surface area contributed by atoms with Gasteiger partial charge >= 0.3 is 0 Å². The second kappa shape index (κ2) is 4.09. The van der Waals surface area contributed by atoms with E-state index in [4.69, 9.17) is 11.1 Å². The minimum Gasteiger partial charge on any atom is -0.387 e. The SMILES string of the molecule is CCS(=O)(=O)N1CCC(C)(C(=N)N)CC1. The molecule has 1 saturated heterocycles. The van der Waals surface area contributed by atoms with Gasteiger partial charge in [0.1, 0.15) is 0 Å². The average molecular weight is 233 g/mol. The lowest BCUT2D eigenvalue weighted by Crippen LogP contribution is -2.47.